The lowest BCUT2D eigenvalue weighted by atomic mass is 9.84. The molecule has 0 saturated carbocycles. The predicted octanol–water partition coefficient (Wildman–Crippen LogP) is 4.06. The molecule has 248 valence electrons. The maximum Gasteiger partial charge on any atom is 0.407 e. The van der Waals surface area contributed by atoms with Crippen molar-refractivity contribution in [2.75, 3.05) is 26.0 Å². The molecule has 1 heterocycles. The van der Waals surface area contributed by atoms with E-state index in [1.165, 1.54) is 35.7 Å². The Labute approximate surface area is 275 Å². The van der Waals surface area contributed by atoms with Gasteiger partial charge in [0.25, 0.3) is 0 Å². The molecule has 0 radical (unpaired) electrons. The number of aromatic nitrogens is 1. The second-order valence-corrected chi connectivity index (χ2v) is 12.9. The molecule has 2 amide bonds. The summed E-state index contributed by atoms with van der Waals surface area (Å²) in [6, 6.07) is 26.6. The van der Waals surface area contributed by atoms with Crippen molar-refractivity contribution < 1.29 is 27.9 Å². The minimum absolute atomic E-state index is 0.0176. The first-order valence-corrected chi connectivity index (χ1v) is 16.8. The number of pyridine rings is 1. The minimum atomic E-state index is -4.00. The fourth-order valence-electron chi connectivity index (χ4n) is 5.39. The Balaban J connectivity index is 1.46. The molecule has 4 rings (SSSR count). The highest BCUT2D eigenvalue weighted by Gasteiger charge is 2.33. The fraction of sp³-hybridized carbons (Fsp3) is 0.286. The van der Waals surface area contributed by atoms with E-state index in [1.807, 2.05) is 60.7 Å². The van der Waals surface area contributed by atoms with Crippen LogP contribution >= 0.6 is 0 Å². The summed E-state index contributed by atoms with van der Waals surface area (Å²) in [4.78, 5) is 30.2. The van der Waals surface area contributed by atoms with Gasteiger partial charge in [-0.2, -0.15) is 4.31 Å². The Hall–Kier alpha value is -4.78. The van der Waals surface area contributed by atoms with Crippen LogP contribution in [0.2, 0.25) is 0 Å². The first kappa shape index (κ1) is 35.1. The van der Waals surface area contributed by atoms with E-state index in [2.05, 4.69) is 15.6 Å². The zero-order valence-electron chi connectivity index (χ0n) is 26.2. The van der Waals surface area contributed by atoms with Crippen LogP contribution in [0.4, 0.5) is 10.5 Å². The van der Waals surface area contributed by atoms with Gasteiger partial charge in [0.2, 0.25) is 15.9 Å². The van der Waals surface area contributed by atoms with Crippen LogP contribution < -0.4 is 16.4 Å². The number of ether oxygens (including phenoxy) is 1. The highest BCUT2D eigenvalue weighted by atomic mass is 32.2. The number of nitrogen functional groups attached to an aromatic ring is 1. The van der Waals surface area contributed by atoms with Crippen molar-refractivity contribution in [1.29, 1.82) is 0 Å². The maximum absolute atomic E-state index is 13.8. The van der Waals surface area contributed by atoms with Crippen molar-refractivity contribution >= 4 is 27.7 Å². The highest BCUT2D eigenvalue weighted by Crippen LogP contribution is 2.29. The summed E-state index contributed by atoms with van der Waals surface area (Å²) in [7, 11) is -2.76. The number of nitrogens with zero attached hydrogens (tertiary/aromatic N) is 2. The average Bonchev–Trinajstić information content (AvgIpc) is 3.10. The lowest BCUT2D eigenvalue weighted by molar-refractivity contribution is -0.123. The number of carbonyl (C=O) groups is 2. The molecule has 5 N–H and O–H groups in total. The summed E-state index contributed by atoms with van der Waals surface area (Å²) in [6.07, 6.45) is 3.80. The Bertz CT molecular complexity index is 1620. The standard InChI is InChI=1S/C35H41N5O6S/c1-46-35(43)39-33(32(27-12-4-2-5-13-27)28-14-6-3-7-15-28)34(42)38-22-9-8-16-30(25-41)40(24-26-11-10-21-37-23-26)47(44,45)31-19-17-29(36)18-20-31/h2-7,10-15,17-21,23,30,32-33,41H,8-9,16,22,24-25,36H2,1H3,(H,38,42)(H,39,43)/t30?,33-/m0/s1. The lowest BCUT2D eigenvalue weighted by Crippen LogP contribution is -2.50. The molecule has 12 heteroatoms. The molecule has 1 aromatic heterocycles. The normalized spacial score (nSPS) is 12.8. The van der Waals surface area contributed by atoms with Crippen LogP contribution in [-0.4, -0.2) is 67.2 Å². The first-order chi connectivity index (χ1) is 22.7. The monoisotopic (exact) mass is 659 g/mol. The largest absolute Gasteiger partial charge is 0.453 e. The number of hydrogen-bond donors (Lipinski definition) is 4. The van der Waals surface area contributed by atoms with E-state index >= 15 is 0 Å². The molecule has 47 heavy (non-hydrogen) atoms. The quantitative estimate of drug-likeness (QED) is 0.103. The number of sulfonamides is 1. The van der Waals surface area contributed by atoms with Crippen LogP contribution in [0, 0.1) is 0 Å². The van der Waals surface area contributed by atoms with Crippen LogP contribution in [0.5, 0.6) is 0 Å². The van der Waals surface area contributed by atoms with E-state index < -0.39 is 46.6 Å². The van der Waals surface area contributed by atoms with E-state index in [0.717, 1.165) is 11.1 Å². The molecule has 3 aromatic carbocycles. The summed E-state index contributed by atoms with van der Waals surface area (Å²) < 4.78 is 33.7. The zero-order chi connectivity index (χ0) is 33.6. The van der Waals surface area contributed by atoms with Crippen LogP contribution in [0.3, 0.4) is 0 Å². The van der Waals surface area contributed by atoms with E-state index in [9.17, 15) is 23.1 Å². The molecule has 2 atom stereocenters. The summed E-state index contributed by atoms with van der Waals surface area (Å²) >= 11 is 0. The number of hydrogen-bond acceptors (Lipinski definition) is 8. The molecule has 0 fully saturated rings. The maximum atomic E-state index is 13.8. The van der Waals surface area contributed by atoms with Crippen molar-refractivity contribution in [3.8, 4) is 0 Å². The molecule has 0 spiro atoms. The van der Waals surface area contributed by atoms with Crippen LogP contribution in [-0.2, 0) is 26.1 Å². The Morgan fingerprint density at radius 3 is 2.11 bits per heavy atom. The van der Waals surface area contributed by atoms with Crippen LogP contribution in [0.15, 0.2) is 114 Å². The van der Waals surface area contributed by atoms with Gasteiger partial charge in [0.05, 0.1) is 18.6 Å². The zero-order valence-corrected chi connectivity index (χ0v) is 27.1. The molecule has 0 saturated heterocycles. The van der Waals surface area contributed by atoms with Crippen molar-refractivity contribution in [3.05, 3.63) is 126 Å². The van der Waals surface area contributed by atoms with Gasteiger partial charge in [0, 0.05) is 43.1 Å². The summed E-state index contributed by atoms with van der Waals surface area (Å²) in [5.41, 5.74) is 8.58. The van der Waals surface area contributed by atoms with Gasteiger partial charge in [0.1, 0.15) is 6.04 Å². The van der Waals surface area contributed by atoms with Gasteiger partial charge in [-0.1, -0.05) is 73.2 Å². The number of nitrogens with two attached hydrogens (primary N) is 1. The molecular weight excluding hydrogens is 618 g/mol. The van der Waals surface area contributed by atoms with E-state index in [0.29, 0.717) is 30.5 Å². The fourth-order valence-corrected chi connectivity index (χ4v) is 7.03. The number of aliphatic hydroxyl groups is 1. The van der Waals surface area contributed by atoms with Crippen molar-refractivity contribution in [3.63, 3.8) is 0 Å². The van der Waals surface area contributed by atoms with Crippen molar-refractivity contribution in [2.45, 2.75) is 48.7 Å². The smallest absolute Gasteiger partial charge is 0.407 e. The molecule has 0 aliphatic carbocycles. The van der Waals surface area contributed by atoms with Gasteiger partial charge >= 0.3 is 6.09 Å². The van der Waals surface area contributed by atoms with Gasteiger partial charge in [0.15, 0.2) is 0 Å². The van der Waals surface area contributed by atoms with Crippen molar-refractivity contribution in [2.24, 2.45) is 0 Å². The van der Waals surface area contributed by atoms with E-state index in [1.54, 1.807) is 24.5 Å². The Morgan fingerprint density at radius 2 is 1.55 bits per heavy atom. The number of alkyl carbamates (subject to hydrolysis) is 1. The number of anilines is 1. The highest BCUT2D eigenvalue weighted by molar-refractivity contribution is 7.89. The minimum Gasteiger partial charge on any atom is -0.453 e. The van der Waals surface area contributed by atoms with Crippen LogP contribution in [0.1, 0.15) is 41.9 Å². The van der Waals surface area contributed by atoms with Crippen molar-refractivity contribution in [1.82, 2.24) is 19.9 Å². The number of unbranched alkanes of at least 4 members (excludes halogenated alkanes) is 1. The lowest BCUT2D eigenvalue weighted by Gasteiger charge is -2.30. The molecule has 0 aliphatic rings. The van der Waals surface area contributed by atoms with Gasteiger partial charge in [-0.25, -0.2) is 13.2 Å². The number of amides is 2. The SMILES string of the molecule is COC(=O)N[C@H](C(=O)NCCCCC(CO)N(Cc1cccnc1)S(=O)(=O)c1ccc(N)cc1)C(c1ccccc1)c1ccccc1. The Morgan fingerprint density at radius 1 is 0.915 bits per heavy atom. The molecule has 11 nitrogen and oxygen atoms in total. The second kappa shape index (κ2) is 17.2. The predicted molar refractivity (Wildman–Crippen MR) is 180 cm³/mol. The molecule has 1 unspecified atom stereocenters. The van der Waals surface area contributed by atoms with Gasteiger partial charge in [-0.3, -0.25) is 9.78 Å². The molecule has 0 bridgehead atoms. The molecule has 0 aliphatic heterocycles. The van der Waals surface area contributed by atoms with Gasteiger partial charge < -0.3 is 26.2 Å². The third-order valence-corrected chi connectivity index (χ3v) is 9.73. The summed E-state index contributed by atoms with van der Waals surface area (Å²) in [5.74, 6) is -0.884. The topological polar surface area (TPSA) is 164 Å². The second-order valence-electron chi connectivity index (χ2n) is 11.0. The number of benzene rings is 3. The summed E-state index contributed by atoms with van der Waals surface area (Å²) in [5, 5.41) is 16.0. The average molecular weight is 660 g/mol. The molecular formula is C35H41N5O6S. The number of carbonyl (C=O) groups excluding carboxylic acids is 2. The third-order valence-electron chi connectivity index (χ3n) is 7.82. The number of nitrogens with one attached hydrogen (secondary N) is 2. The number of methoxy groups -OCH3 is 1. The van der Waals surface area contributed by atoms with E-state index in [-0.39, 0.29) is 18.0 Å². The number of aliphatic hydroxyl groups excluding tert-OH is 1. The Kier molecular flexibility index (Phi) is 12.9. The van der Waals surface area contributed by atoms with E-state index in [4.69, 9.17) is 10.5 Å². The van der Waals surface area contributed by atoms with Gasteiger partial charge in [-0.05, 0) is 59.9 Å². The first-order valence-electron chi connectivity index (χ1n) is 15.3. The van der Waals surface area contributed by atoms with Gasteiger partial charge in [-0.15, -0.1) is 0 Å². The van der Waals surface area contributed by atoms with Crippen LogP contribution in [0.25, 0.3) is 0 Å². The third kappa shape index (κ3) is 9.61. The number of rotatable bonds is 16. The molecule has 4 aromatic rings. The summed E-state index contributed by atoms with van der Waals surface area (Å²) in [6.45, 7) is -0.120.